The van der Waals surface area contributed by atoms with E-state index in [0.29, 0.717) is 16.1 Å². The fraction of sp³-hybridized carbons (Fsp3) is 0. The first-order valence-electron chi connectivity index (χ1n) is 4.93. The highest BCUT2D eigenvalue weighted by Gasteiger charge is 2.11. The monoisotopic (exact) mass is 244 g/mol. The summed E-state index contributed by atoms with van der Waals surface area (Å²) in [6.07, 6.45) is 0. The molecular weight excluding hydrogens is 235 g/mol. The molecule has 2 nitrogen and oxygen atoms in total. The van der Waals surface area contributed by atoms with Crippen LogP contribution < -0.4 is 5.73 Å². The van der Waals surface area contributed by atoms with Gasteiger partial charge in [-0.05, 0) is 24.3 Å². The van der Waals surface area contributed by atoms with E-state index in [1.165, 1.54) is 23.9 Å². The molecule has 0 aliphatic rings. The lowest BCUT2D eigenvalue weighted by molar-refractivity contribution is 0.601. The van der Waals surface area contributed by atoms with Gasteiger partial charge in [0.1, 0.15) is 11.9 Å². The predicted molar refractivity (Wildman–Crippen MR) is 66.1 cm³/mol. The second-order valence-corrected chi connectivity index (χ2v) is 4.42. The van der Waals surface area contributed by atoms with Crippen LogP contribution in [0.4, 0.5) is 10.1 Å². The third-order valence-electron chi connectivity index (χ3n) is 2.22. The SMILES string of the molecule is N#Cc1cccc(F)c1Sc1ccccc1N. The maximum atomic E-state index is 13.6. The number of rotatable bonds is 2. The van der Waals surface area contributed by atoms with E-state index in [1.54, 1.807) is 18.2 Å². The molecule has 2 aromatic rings. The average Bonchev–Trinajstić information content (AvgIpc) is 2.34. The number of nitriles is 1. The number of hydrogen-bond donors (Lipinski definition) is 1. The molecule has 0 aliphatic carbocycles. The van der Waals surface area contributed by atoms with E-state index in [-0.39, 0.29) is 0 Å². The molecule has 2 aromatic carbocycles. The summed E-state index contributed by atoms with van der Waals surface area (Å²) in [6, 6.07) is 13.6. The van der Waals surface area contributed by atoms with Crippen molar-refractivity contribution in [2.75, 3.05) is 5.73 Å². The molecule has 84 valence electrons. The fourth-order valence-corrected chi connectivity index (χ4v) is 2.33. The fourth-order valence-electron chi connectivity index (χ4n) is 1.38. The maximum absolute atomic E-state index is 13.6. The van der Waals surface area contributed by atoms with Crippen LogP contribution in [0.15, 0.2) is 52.3 Å². The predicted octanol–water partition coefficient (Wildman–Crippen LogP) is 3.43. The molecule has 0 unspecified atom stereocenters. The van der Waals surface area contributed by atoms with Crippen LogP contribution >= 0.6 is 11.8 Å². The van der Waals surface area contributed by atoms with E-state index in [4.69, 9.17) is 11.0 Å². The smallest absolute Gasteiger partial charge is 0.138 e. The molecule has 0 saturated heterocycles. The van der Waals surface area contributed by atoms with Gasteiger partial charge >= 0.3 is 0 Å². The number of nitrogen functional groups attached to an aromatic ring is 1. The Morgan fingerprint density at radius 2 is 1.88 bits per heavy atom. The van der Waals surface area contributed by atoms with Gasteiger partial charge < -0.3 is 5.73 Å². The first kappa shape index (κ1) is 11.5. The number of halogens is 1. The van der Waals surface area contributed by atoms with E-state index in [2.05, 4.69) is 0 Å². The lowest BCUT2D eigenvalue weighted by Gasteiger charge is -2.07. The Morgan fingerprint density at radius 3 is 2.59 bits per heavy atom. The van der Waals surface area contributed by atoms with Crippen LogP contribution in [0.25, 0.3) is 0 Å². The van der Waals surface area contributed by atoms with E-state index < -0.39 is 5.82 Å². The van der Waals surface area contributed by atoms with Gasteiger partial charge in [-0.1, -0.05) is 30.0 Å². The number of nitrogens with two attached hydrogens (primary N) is 1. The van der Waals surface area contributed by atoms with Crippen molar-refractivity contribution >= 4 is 17.4 Å². The molecule has 0 atom stereocenters. The van der Waals surface area contributed by atoms with Crippen LogP contribution in [0, 0.1) is 17.1 Å². The normalized spacial score (nSPS) is 9.88. The zero-order valence-electron chi connectivity index (χ0n) is 8.85. The molecule has 0 radical (unpaired) electrons. The summed E-state index contributed by atoms with van der Waals surface area (Å²) in [4.78, 5) is 1.06. The molecule has 4 heteroatoms. The van der Waals surface area contributed by atoms with Crippen molar-refractivity contribution in [3.63, 3.8) is 0 Å². The molecule has 0 aromatic heterocycles. The quantitative estimate of drug-likeness (QED) is 0.823. The highest BCUT2D eigenvalue weighted by Crippen LogP contribution is 2.35. The lowest BCUT2D eigenvalue weighted by Crippen LogP contribution is -1.90. The van der Waals surface area contributed by atoms with Crippen molar-refractivity contribution in [2.45, 2.75) is 9.79 Å². The first-order chi connectivity index (χ1) is 8.22. The molecule has 17 heavy (non-hydrogen) atoms. The summed E-state index contributed by atoms with van der Waals surface area (Å²) < 4.78 is 13.6. The maximum Gasteiger partial charge on any atom is 0.138 e. The number of benzene rings is 2. The Kier molecular flexibility index (Phi) is 3.31. The van der Waals surface area contributed by atoms with Crippen LogP contribution in [0.2, 0.25) is 0 Å². The van der Waals surface area contributed by atoms with Gasteiger partial charge in [0.05, 0.1) is 10.5 Å². The third kappa shape index (κ3) is 2.40. The second-order valence-electron chi connectivity index (χ2n) is 3.37. The van der Waals surface area contributed by atoms with Gasteiger partial charge in [0.15, 0.2) is 0 Å². The Balaban J connectivity index is 2.44. The van der Waals surface area contributed by atoms with Crippen molar-refractivity contribution in [1.29, 1.82) is 5.26 Å². The molecule has 0 heterocycles. The highest BCUT2D eigenvalue weighted by atomic mass is 32.2. The van der Waals surface area contributed by atoms with Crippen molar-refractivity contribution in [2.24, 2.45) is 0 Å². The molecule has 0 amide bonds. The highest BCUT2D eigenvalue weighted by molar-refractivity contribution is 7.99. The van der Waals surface area contributed by atoms with E-state index in [0.717, 1.165) is 4.90 Å². The Labute approximate surface area is 103 Å². The van der Waals surface area contributed by atoms with Gasteiger partial charge in [0.25, 0.3) is 0 Å². The Bertz CT molecular complexity index is 590. The van der Waals surface area contributed by atoms with Crippen LogP contribution in [-0.4, -0.2) is 0 Å². The number of nitrogens with zero attached hydrogens (tertiary/aromatic N) is 1. The summed E-state index contributed by atoms with van der Waals surface area (Å²) in [7, 11) is 0. The summed E-state index contributed by atoms with van der Waals surface area (Å²) in [5.74, 6) is -0.405. The Hall–Kier alpha value is -1.99. The summed E-state index contributed by atoms with van der Waals surface area (Å²) in [5, 5.41) is 8.93. The molecule has 0 saturated carbocycles. The Morgan fingerprint density at radius 1 is 1.12 bits per heavy atom. The van der Waals surface area contributed by atoms with Crippen LogP contribution in [0.5, 0.6) is 0 Å². The van der Waals surface area contributed by atoms with E-state index >= 15 is 0 Å². The van der Waals surface area contributed by atoms with Crippen molar-refractivity contribution in [3.8, 4) is 6.07 Å². The lowest BCUT2D eigenvalue weighted by atomic mass is 10.2. The van der Waals surface area contributed by atoms with Crippen LogP contribution in [0.3, 0.4) is 0 Å². The molecule has 2 rings (SSSR count). The summed E-state index contributed by atoms with van der Waals surface area (Å²) >= 11 is 1.17. The summed E-state index contributed by atoms with van der Waals surface area (Å²) in [6.45, 7) is 0. The minimum absolute atomic E-state index is 0.313. The van der Waals surface area contributed by atoms with Gasteiger partial charge in [-0.2, -0.15) is 5.26 Å². The molecule has 0 fully saturated rings. The zero-order valence-corrected chi connectivity index (χ0v) is 9.67. The van der Waals surface area contributed by atoms with Gasteiger partial charge in [-0.3, -0.25) is 0 Å². The van der Waals surface area contributed by atoms with Gasteiger partial charge in [-0.25, -0.2) is 4.39 Å². The first-order valence-corrected chi connectivity index (χ1v) is 5.75. The standard InChI is InChI=1S/C13H9FN2S/c14-10-5-3-4-9(8-15)13(10)17-12-7-2-1-6-11(12)16/h1-7H,16H2. The minimum Gasteiger partial charge on any atom is -0.398 e. The zero-order chi connectivity index (χ0) is 12.3. The van der Waals surface area contributed by atoms with Crippen molar-refractivity contribution in [3.05, 3.63) is 53.8 Å². The second kappa shape index (κ2) is 4.89. The summed E-state index contributed by atoms with van der Waals surface area (Å²) in [5.41, 5.74) is 6.68. The molecule has 0 aliphatic heterocycles. The topological polar surface area (TPSA) is 49.8 Å². The average molecular weight is 244 g/mol. The molecule has 2 N–H and O–H groups in total. The number of hydrogen-bond acceptors (Lipinski definition) is 3. The third-order valence-corrected chi connectivity index (χ3v) is 3.43. The van der Waals surface area contributed by atoms with Crippen molar-refractivity contribution in [1.82, 2.24) is 0 Å². The van der Waals surface area contributed by atoms with E-state index in [9.17, 15) is 4.39 Å². The van der Waals surface area contributed by atoms with Crippen molar-refractivity contribution < 1.29 is 4.39 Å². The largest absolute Gasteiger partial charge is 0.398 e. The van der Waals surface area contributed by atoms with Crippen LogP contribution in [0.1, 0.15) is 5.56 Å². The molecular formula is C13H9FN2S. The molecule has 0 spiro atoms. The van der Waals surface area contributed by atoms with E-state index in [1.807, 2.05) is 18.2 Å². The van der Waals surface area contributed by atoms with Gasteiger partial charge in [-0.15, -0.1) is 0 Å². The minimum atomic E-state index is -0.405. The molecule has 0 bridgehead atoms. The number of anilines is 1. The number of para-hydroxylation sites is 1. The van der Waals surface area contributed by atoms with Gasteiger partial charge in [0, 0.05) is 10.6 Å². The van der Waals surface area contributed by atoms with Crippen LogP contribution in [-0.2, 0) is 0 Å². The van der Waals surface area contributed by atoms with Gasteiger partial charge in [0.2, 0.25) is 0 Å².